The molecule has 3 aromatic rings. The van der Waals surface area contributed by atoms with Crippen LogP contribution in [0.1, 0.15) is 29.5 Å². The molecule has 7 heteroatoms. The average Bonchev–Trinajstić information content (AvgIpc) is 3.52. The molecule has 1 aliphatic heterocycles. The molecule has 3 N–H and O–H groups in total. The summed E-state index contributed by atoms with van der Waals surface area (Å²) in [6.45, 7) is 2.89. The van der Waals surface area contributed by atoms with Crippen LogP contribution in [-0.4, -0.2) is 60.2 Å². The van der Waals surface area contributed by atoms with Crippen molar-refractivity contribution in [1.29, 1.82) is 0 Å². The number of likely N-dealkylation sites (tertiary alicyclic amines) is 1. The molecule has 1 saturated heterocycles. The second-order valence-corrected chi connectivity index (χ2v) is 8.65. The quantitative estimate of drug-likeness (QED) is 0.392. The maximum atomic E-state index is 10.7. The fourth-order valence-electron chi connectivity index (χ4n) is 4.88. The van der Waals surface area contributed by atoms with Gasteiger partial charge in [0, 0.05) is 42.3 Å². The van der Waals surface area contributed by atoms with Gasteiger partial charge in [0.2, 0.25) is 0 Å². The van der Waals surface area contributed by atoms with E-state index in [0.29, 0.717) is 6.42 Å². The number of nitrogens with one attached hydrogen (secondary N) is 2. The molecule has 0 bridgehead atoms. The van der Waals surface area contributed by atoms with Crippen LogP contribution in [0.15, 0.2) is 36.4 Å². The second kappa shape index (κ2) is 8.84. The monoisotopic (exact) mass is 434 g/mol. The highest BCUT2D eigenvalue weighted by Gasteiger charge is 2.27. The number of hydrogen-bond donors (Lipinski definition) is 3. The second-order valence-electron chi connectivity index (χ2n) is 8.65. The van der Waals surface area contributed by atoms with E-state index >= 15 is 0 Å². The summed E-state index contributed by atoms with van der Waals surface area (Å²) in [4.78, 5) is 2.34. The lowest BCUT2D eigenvalue weighted by molar-refractivity contribution is 0.124. The van der Waals surface area contributed by atoms with Crippen molar-refractivity contribution in [3.63, 3.8) is 0 Å². The van der Waals surface area contributed by atoms with Crippen LogP contribution in [0, 0.1) is 0 Å². The van der Waals surface area contributed by atoms with Gasteiger partial charge in [-0.25, -0.2) is 0 Å². The number of aliphatic hydroxyl groups excluding tert-OH is 1. The van der Waals surface area contributed by atoms with Crippen molar-refractivity contribution in [2.24, 2.45) is 0 Å². The predicted octanol–water partition coefficient (Wildman–Crippen LogP) is 3.74. The zero-order valence-electron chi connectivity index (χ0n) is 18.6. The molecule has 0 amide bonds. The molecule has 1 aliphatic carbocycles. The molecule has 5 rings (SSSR count). The van der Waals surface area contributed by atoms with Crippen LogP contribution in [0.2, 0.25) is 0 Å². The lowest BCUT2D eigenvalue weighted by Crippen LogP contribution is -2.31. The summed E-state index contributed by atoms with van der Waals surface area (Å²) < 4.78 is 11.0. The molecule has 2 aromatic carbocycles. The summed E-state index contributed by atoms with van der Waals surface area (Å²) in [6.07, 6.45) is 3.44. The van der Waals surface area contributed by atoms with Gasteiger partial charge in [0.05, 0.1) is 26.0 Å². The zero-order valence-corrected chi connectivity index (χ0v) is 18.6. The summed E-state index contributed by atoms with van der Waals surface area (Å²) in [7, 11) is 3.35. The van der Waals surface area contributed by atoms with E-state index in [0.717, 1.165) is 71.4 Å². The number of β-amino-alcohol motifs (C(OH)–C–C–N with tert-alkyl or cyclic N) is 1. The Hall–Kier alpha value is -3.03. The Morgan fingerprint density at radius 1 is 1.16 bits per heavy atom. The maximum Gasteiger partial charge on any atom is 0.156 e. The number of aromatic amines is 1. The fourth-order valence-corrected chi connectivity index (χ4v) is 4.88. The topological polar surface area (TPSA) is 82.6 Å². The Balaban J connectivity index is 1.36. The van der Waals surface area contributed by atoms with E-state index in [1.54, 1.807) is 14.2 Å². The highest BCUT2D eigenvalue weighted by Crippen LogP contribution is 2.42. The van der Waals surface area contributed by atoms with Gasteiger partial charge < -0.3 is 24.8 Å². The Bertz CT molecular complexity index is 1100. The number of aromatic nitrogens is 2. The minimum absolute atomic E-state index is 0.397. The van der Waals surface area contributed by atoms with Gasteiger partial charge in [-0.1, -0.05) is 12.1 Å². The summed E-state index contributed by atoms with van der Waals surface area (Å²) in [5.41, 5.74) is 6.48. The lowest BCUT2D eigenvalue weighted by Gasteiger charge is -2.20. The highest BCUT2D eigenvalue weighted by molar-refractivity contribution is 5.81. The van der Waals surface area contributed by atoms with E-state index in [1.165, 1.54) is 18.4 Å². The van der Waals surface area contributed by atoms with Gasteiger partial charge >= 0.3 is 0 Å². The number of H-pyrrole nitrogens is 1. The molecule has 2 aliphatic rings. The molecule has 2 heterocycles. The van der Waals surface area contributed by atoms with Crippen LogP contribution in [0.5, 0.6) is 11.5 Å². The van der Waals surface area contributed by atoms with Crippen molar-refractivity contribution >= 4 is 11.5 Å². The van der Waals surface area contributed by atoms with Gasteiger partial charge in [0.25, 0.3) is 0 Å². The number of ether oxygens (including phenoxy) is 2. The van der Waals surface area contributed by atoms with E-state index < -0.39 is 6.10 Å². The third-order valence-corrected chi connectivity index (χ3v) is 6.47. The van der Waals surface area contributed by atoms with E-state index in [4.69, 9.17) is 9.47 Å². The van der Waals surface area contributed by atoms with Gasteiger partial charge in [-0.15, -0.1) is 0 Å². The van der Waals surface area contributed by atoms with Gasteiger partial charge in [-0.3, -0.25) is 5.10 Å². The van der Waals surface area contributed by atoms with Crippen molar-refractivity contribution in [2.75, 3.05) is 39.2 Å². The Morgan fingerprint density at radius 3 is 2.78 bits per heavy atom. The van der Waals surface area contributed by atoms with E-state index in [1.807, 2.05) is 24.3 Å². The largest absolute Gasteiger partial charge is 0.497 e. The van der Waals surface area contributed by atoms with Crippen LogP contribution < -0.4 is 14.8 Å². The smallest absolute Gasteiger partial charge is 0.156 e. The van der Waals surface area contributed by atoms with Crippen molar-refractivity contribution < 1.29 is 14.6 Å². The van der Waals surface area contributed by atoms with Gasteiger partial charge in [-0.2, -0.15) is 5.10 Å². The first-order chi connectivity index (χ1) is 15.6. The summed E-state index contributed by atoms with van der Waals surface area (Å²) in [5.74, 6) is 2.43. The van der Waals surface area contributed by atoms with E-state index in [9.17, 15) is 5.11 Å². The molecular weight excluding hydrogens is 404 g/mol. The number of benzene rings is 2. The minimum atomic E-state index is -0.397. The number of nitrogens with zero attached hydrogens (tertiary/aromatic N) is 2. The zero-order chi connectivity index (χ0) is 22.1. The first-order valence-corrected chi connectivity index (χ1v) is 11.2. The van der Waals surface area contributed by atoms with Crippen molar-refractivity contribution in [3.05, 3.63) is 53.1 Å². The average molecular weight is 435 g/mol. The summed E-state index contributed by atoms with van der Waals surface area (Å²) >= 11 is 0. The molecule has 7 nitrogen and oxygen atoms in total. The molecule has 0 saturated carbocycles. The third kappa shape index (κ3) is 4.06. The van der Waals surface area contributed by atoms with E-state index in [-0.39, 0.29) is 0 Å². The van der Waals surface area contributed by atoms with Gasteiger partial charge in [0.1, 0.15) is 11.5 Å². The molecule has 1 unspecified atom stereocenters. The molecule has 1 fully saturated rings. The van der Waals surface area contributed by atoms with Gasteiger partial charge in [0.15, 0.2) is 5.82 Å². The van der Waals surface area contributed by atoms with Crippen molar-refractivity contribution in [2.45, 2.75) is 31.8 Å². The van der Waals surface area contributed by atoms with Gasteiger partial charge in [-0.05, 0) is 55.3 Å². The lowest BCUT2D eigenvalue weighted by atomic mass is 10.00. The Labute approximate surface area is 188 Å². The first-order valence-electron chi connectivity index (χ1n) is 11.2. The maximum absolute atomic E-state index is 10.7. The Morgan fingerprint density at radius 2 is 2.00 bits per heavy atom. The number of aliphatic hydroxyl groups is 1. The molecular formula is C25H30N4O3. The SMILES string of the molecule is COc1cccc(Nc2n[nH]c3c2Cc2cc(CC(O)CN4CCCC4)c(OC)cc2-3)c1. The van der Waals surface area contributed by atoms with Crippen LogP contribution in [-0.2, 0) is 12.8 Å². The van der Waals surface area contributed by atoms with E-state index in [2.05, 4.69) is 32.5 Å². The van der Waals surface area contributed by atoms with Crippen LogP contribution in [0.3, 0.4) is 0 Å². The summed E-state index contributed by atoms with van der Waals surface area (Å²) in [5, 5.41) is 21.8. The van der Waals surface area contributed by atoms with Crippen LogP contribution in [0.25, 0.3) is 11.3 Å². The van der Waals surface area contributed by atoms with Crippen LogP contribution >= 0.6 is 0 Å². The third-order valence-electron chi connectivity index (χ3n) is 6.47. The number of anilines is 2. The molecule has 0 spiro atoms. The fraction of sp³-hybridized carbons (Fsp3) is 0.400. The predicted molar refractivity (Wildman–Crippen MR) is 125 cm³/mol. The minimum Gasteiger partial charge on any atom is -0.497 e. The van der Waals surface area contributed by atoms with Crippen LogP contribution in [0.4, 0.5) is 11.5 Å². The van der Waals surface area contributed by atoms with Crippen molar-refractivity contribution in [3.8, 4) is 22.8 Å². The first kappa shape index (κ1) is 20.8. The summed E-state index contributed by atoms with van der Waals surface area (Å²) in [6, 6.07) is 12.1. The number of rotatable bonds is 8. The molecule has 168 valence electrons. The molecule has 1 atom stereocenters. The molecule has 32 heavy (non-hydrogen) atoms. The standard InChI is InChI=1S/C25H30N4O3/c1-31-20-7-5-6-18(13-20)26-25-22-12-16-10-17(11-19(30)15-29-8-3-4-9-29)23(32-2)14-21(16)24(22)27-28-25/h5-7,10,13-14,19,30H,3-4,8-9,11-12,15H2,1-2H3,(H2,26,27,28). The number of methoxy groups -OCH3 is 2. The Kier molecular flexibility index (Phi) is 5.76. The molecule has 1 aromatic heterocycles. The highest BCUT2D eigenvalue weighted by atomic mass is 16.5. The normalized spacial score (nSPS) is 16.0. The van der Waals surface area contributed by atoms with Crippen molar-refractivity contribution in [1.82, 2.24) is 15.1 Å². The number of fused-ring (bicyclic) bond motifs is 3. The molecule has 0 radical (unpaired) electrons. The number of hydrogen-bond acceptors (Lipinski definition) is 6.